The molecular weight excluding hydrogens is 320 g/mol. The summed E-state index contributed by atoms with van der Waals surface area (Å²) >= 11 is 1.60. The van der Waals surface area contributed by atoms with Crippen LogP contribution in [0, 0.1) is 6.92 Å². The summed E-state index contributed by atoms with van der Waals surface area (Å²) in [5.41, 5.74) is 2.45. The summed E-state index contributed by atoms with van der Waals surface area (Å²) < 4.78 is 24.3. The highest BCUT2D eigenvalue weighted by molar-refractivity contribution is 7.99. The maximum Gasteiger partial charge on any atom is 0.232 e. The lowest BCUT2D eigenvalue weighted by atomic mass is 10.2. The molecule has 122 valence electrons. The van der Waals surface area contributed by atoms with E-state index in [9.17, 15) is 13.2 Å². The zero-order valence-electron chi connectivity index (χ0n) is 13.0. The van der Waals surface area contributed by atoms with E-state index in [2.05, 4.69) is 25.1 Å². The van der Waals surface area contributed by atoms with Crippen LogP contribution in [0.15, 0.2) is 24.3 Å². The van der Waals surface area contributed by atoms with E-state index >= 15 is 0 Å². The third kappa shape index (κ3) is 5.00. The predicted octanol–water partition coefficient (Wildman–Crippen LogP) is 1.33. The second kappa shape index (κ2) is 7.48. The van der Waals surface area contributed by atoms with Gasteiger partial charge in [0.05, 0.1) is 12.0 Å². The Bertz CT molecular complexity index is 623. The minimum Gasteiger partial charge on any atom is -0.339 e. The van der Waals surface area contributed by atoms with Gasteiger partial charge >= 0.3 is 0 Å². The Hall–Kier alpha value is -1.05. The van der Waals surface area contributed by atoms with Gasteiger partial charge in [-0.15, -0.1) is 11.8 Å². The molecule has 1 saturated heterocycles. The van der Waals surface area contributed by atoms with E-state index in [1.54, 1.807) is 16.7 Å². The topological polar surface area (TPSA) is 57.7 Å². The van der Waals surface area contributed by atoms with E-state index in [1.807, 2.05) is 6.07 Å². The van der Waals surface area contributed by atoms with Crippen molar-refractivity contribution in [1.29, 1.82) is 0 Å². The van der Waals surface area contributed by atoms with Gasteiger partial charge in [-0.25, -0.2) is 8.42 Å². The maximum absolute atomic E-state index is 12.1. The molecule has 0 bridgehead atoms. The number of carbonyl (C=O) groups is 1. The van der Waals surface area contributed by atoms with Crippen LogP contribution in [0.25, 0.3) is 0 Å². The van der Waals surface area contributed by atoms with Crippen molar-refractivity contribution in [2.45, 2.75) is 12.7 Å². The fourth-order valence-corrected chi connectivity index (χ4v) is 4.12. The average molecular weight is 342 g/mol. The number of piperazine rings is 1. The normalized spacial score (nSPS) is 16.7. The van der Waals surface area contributed by atoms with Crippen LogP contribution >= 0.6 is 11.8 Å². The maximum atomic E-state index is 12.1. The number of hydrogen-bond acceptors (Lipinski definition) is 4. The minimum absolute atomic E-state index is 0.0887. The first-order valence-corrected chi connectivity index (χ1v) is 10.2. The summed E-state index contributed by atoms with van der Waals surface area (Å²) in [7, 11) is -3.14. The Kier molecular flexibility index (Phi) is 5.88. The summed E-state index contributed by atoms with van der Waals surface area (Å²) in [6.07, 6.45) is 1.21. The van der Waals surface area contributed by atoms with E-state index in [-0.39, 0.29) is 5.91 Å². The third-order valence-electron chi connectivity index (χ3n) is 3.64. The van der Waals surface area contributed by atoms with Gasteiger partial charge in [-0.2, -0.15) is 4.31 Å². The monoisotopic (exact) mass is 342 g/mol. The van der Waals surface area contributed by atoms with E-state index in [0.29, 0.717) is 31.9 Å². The number of nitrogens with zero attached hydrogens (tertiary/aromatic N) is 2. The Morgan fingerprint density at radius 2 is 1.91 bits per heavy atom. The fourth-order valence-electron chi connectivity index (χ4n) is 2.42. The highest BCUT2D eigenvalue weighted by Gasteiger charge is 2.25. The van der Waals surface area contributed by atoms with Crippen molar-refractivity contribution in [1.82, 2.24) is 9.21 Å². The smallest absolute Gasteiger partial charge is 0.232 e. The molecule has 2 rings (SSSR count). The number of rotatable bonds is 5. The van der Waals surface area contributed by atoms with Crippen LogP contribution in [0.2, 0.25) is 0 Å². The van der Waals surface area contributed by atoms with Crippen molar-refractivity contribution < 1.29 is 13.2 Å². The van der Waals surface area contributed by atoms with E-state index in [1.165, 1.54) is 21.7 Å². The quantitative estimate of drug-likeness (QED) is 0.810. The van der Waals surface area contributed by atoms with E-state index in [0.717, 1.165) is 5.75 Å². The van der Waals surface area contributed by atoms with Gasteiger partial charge in [0.15, 0.2) is 0 Å². The van der Waals surface area contributed by atoms with Gasteiger partial charge in [0.1, 0.15) is 0 Å². The number of hydrogen-bond donors (Lipinski definition) is 0. The van der Waals surface area contributed by atoms with Crippen molar-refractivity contribution in [2.75, 3.05) is 38.2 Å². The third-order valence-corrected chi connectivity index (χ3v) is 5.93. The first-order valence-electron chi connectivity index (χ1n) is 7.22. The average Bonchev–Trinajstić information content (AvgIpc) is 2.46. The zero-order valence-corrected chi connectivity index (χ0v) is 14.6. The Morgan fingerprint density at radius 3 is 2.50 bits per heavy atom. The van der Waals surface area contributed by atoms with Gasteiger partial charge < -0.3 is 4.90 Å². The van der Waals surface area contributed by atoms with Crippen molar-refractivity contribution >= 4 is 27.7 Å². The van der Waals surface area contributed by atoms with Crippen LogP contribution in [0.5, 0.6) is 0 Å². The summed E-state index contributed by atoms with van der Waals surface area (Å²) in [4.78, 5) is 13.9. The van der Waals surface area contributed by atoms with Crippen LogP contribution in [0.1, 0.15) is 11.1 Å². The molecule has 1 aromatic rings. The lowest BCUT2D eigenvalue weighted by Gasteiger charge is -2.33. The molecule has 1 amide bonds. The molecule has 0 aromatic heterocycles. The summed E-state index contributed by atoms with van der Waals surface area (Å²) in [5, 5.41) is 0. The van der Waals surface area contributed by atoms with Crippen molar-refractivity contribution in [3.63, 3.8) is 0 Å². The summed E-state index contributed by atoms with van der Waals surface area (Å²) in [6, 6.07) is 8.27. The molecule has 0 atom stereocenters. The molecule has 1 aliphatic rings. The molecule has 1 heterocycles. The lowest BCUT2D eigenvalue weighted by molar-refractivity contribution is -0.129. The second-order valence-corrected chi connectivity index (χ2v) is 8.49. The highest BCUT2D eigenvalue weighted by Crippen LogP contribution is 2.15. The van der Waals surface area contributed by atoms with Crippen molar-refractivity contribution in [3.05, 3.63) is 35.4 Å². The lowest BCUT2D eigenvalue weighted by Crippen LogP contribution is -2.50. The molecule has 0 saturated carbocycles. The standard InChI is InChI=1S/C15H22N2O3S2/c1-13-4-3-5-14(10-13)11-21-12-15(18)16-6-8-17(9-7-16)22(2,19)20/h3-5,10H,6-9,11-12H2,1-2H3. The molecule has 1 aromatic carbocycles. The molecule has 0 radical (unpaired) electrons. The molecular formula is C15H22N2O3S2. The molecule has 0 spiro atoms. The molecule has 1 aliphatic heterocycles. The van der Waals surface area contributed by atoms with E-state index < -0.39 is 10.0 Å². The largest absolute Gasteiger partial charge is 0.339 e. The number of amides is 1. The van der Waals surface area contributed by atoms with Crippen molar-refractivity contribution in [2.24, 2.45) is 0 Å². The first-order chi connectivity index (χ1) is 10.4. The molecule has 0 N–H and O–H groups in total. The highest BCUT2D eigenvalue weighted by atomic mass is 32.2. The van der Waals surface area contributed by atoms with Crippen LogP contribution in [0.4, 0.5) is 0 Å². The van der Waals surface area contributed by atoms with Crippen LogP contribution in [0.3, 0.4) is 0 Å². The summed E-state index contributed by atoms with van der Waals surface area (Å²) in [5.74, 6) is 1.34. The van der Waals surface area contributed by atoms with Crippen LogP contribution < -0.4 is 0 Å². The molecule has 1 fully saturated rings. The zero-order chi connectivity index (χ0) is 16.2. The molecule has 5 nitrogen and oxygen atoms in total. The Morgan fingerprint density at radius 1 is 1.23 bits per heavy atom. The van der Waals surface area contributed by atoms with Gasteiger partial charge in [0.2, 0.25) is 15.9 Å². The van der Waals surface area contributed by atoms with Gasteiger partial charge in [-0.3, -0.25) is 4.79 Å². The molecule has 0 unspecified atom stereocenters. The molecule has 22 heavy (non-hydrogen) atoms. The number of carbonyl (C=O) groups excluding carboxylic acids is 1. The molecule has 0 aliphatic carbocycles. The summed E-state index contributed by atoms with van der Waals surface area (Å²) in [6.45, 7) is 3.81. The van der Waals surface area contributed by atoms with Crippen LogP contribution in [-0.4, -0.2) is 61.7 Å². The van der Waals surface area contributed by atoms with Gasteiger partial charge in [-0.1, -0.05) is 29.8 Å². The Labute approximate surface area is 136 Å². The number of benzene rings is 1. The first kappa shape index (κ1) is 17.3. The SMILES string of the molecule is Cc1cccc(CSCC(=O)N2CCN(S(C)(=O)=O)CC2)c1. The number of aryl methyl sites for hydroxylation is 1. The number of thioether (sulfide) groups is 1. The van der Waals surface area contributed by atoms with Gasteiger partial charge in [0, 0.05) is 31.9 Å². The van der Waals surface area contributed by atoms with Crippen LogP contribution in [-0.2, 0) is 20.6 Å². The fraction of sp³-hybridized carbons (Fsp3) is 0.533. The van der Waals surface area contributed by atoms with Gasteiger partial charge in [0.25, 0.3) is 0 Å². The van der Waals surface area contributed by atoms with Crippen molar-refractivity contribution in [3.8, 4) is 0 Å². The Balaban J connectivity index is 1.75. The van der Waals surface area contributed by atoms with E-state index in [4.69, 9.17) is 0 Å². The molecule has 7 heteroatoms. The predicted molar refractivity (Wildman–Crippen MR) is 90.3 cm³/mol. The second-order valence-electron chi connectivity index (χ2n) is 5.52. The van der Waals surface area contributed by atoms with Gasteiger partial charge in [-0.05, 0) is 12.5 Å². The minimum atomic E-state index is -3.14. The number of sulfonamides is 1.